The summed E-state index contributed by atoms with van der Waals surface area (Å²) in [6.07, 6.45) is 2.63. The first-order chi connectivity index (χ1) is 7.09. The minimum atomic E-state index is 0.0987. The van der Waals surface area contributed by atoms with Gasteiger partial charge < -0.3 is 10.6 Å². The van der Waals surface area contributed by atoms with Gasteiger partial charge in [0.15, 0.2) is 0 Å². The Hall–Kier alpha value is -0.540. The maximum Gasteiger partial charge on any atom is 0.0510 e. The van der Waals surface area contributed by atoms with Crippen LogP contribution in [0.4, 0.5) is 5.69 Å². The summed E-state index contributed by atoms with van der Waals surface area (Å²) in [7, 11) is 2.16. The molecule has 15 heavy (non-hydrogen) atoms. The van der Waals surface area contributed by atoms with Gasteiger partial charge in [-0.3, -0.25) is 0 Å². The van der Waals surface area contributed by atoms with Gasteiger partial charge in [0.25, 0.3) is 0 Å². The van der Waals surface area contributed by atoms with E-state index in [-0.39, 0.29) is 6.04 Å². The lowest BCUT2D eigenvalue weighted by atomic mass is 10.1. The lowest BCUT2D eigenvalue weighted by Gasteiger charge is -2.21. The summed E-state index contributed by atoms with van der Waals surface area (Å²) < 4.78 is 1.15. The van der Waals surface area contributed by atoms with Crippen LogP contribution in [0, 0.1) is 0 Å². The van der Waals surface area contributed by atoms with Crippen molar-refractivity contribution in [2.45, 2.75) is 31.8 Å². The Labute approximate surface area is 99.6 Å². The lowest BCUT2D eigenvalue weighted by Crippen LogP contribution is -2.20. The molecule has 1 unspecified atom stereocenters. The summed E-state index contributed by atoms with van der Waals surface area (Å²) in [5.41, 5.74) is 8.29. The fraction of sp³-hybridized carbons (Fsp3) is 0.500. The Morgan fingerprint density at radius 3 is 2.60 bits per heavy atom. The second-order valence-corrected chi connectivity index (χ2v) is 5.20. The van der Waals surface area contributed by atoms with Gasteiger partial charge in [-0.2, -0.15) is 0 Å². The average molecular weight is 269 g/mol. The Kier molecular flexibility index (Phi) is 3.03. The molecule has 1 aromatic rings. The number of nitrogens with two attached hydrogens (primary N) is 1. The van der Waals surface area contributed by atoms with Gasteiger partial charge in [-0.15, -0.1) is 0 Å². The van der Waals surface area contributed by atoms with Gasteiger partial charge in [0.2, 0.25) is 0 Å². The van der Waals surface area contributed by atoms with Crippen molar-refractivity contribution in [2.24, 2.45) is 5.73 Å². The fourth-order valence-electron chi connectivity index (χ4n) is 1.75. The minimum absolute atomic E-state index is 0.0987. The van der Waals surface area contributed by atoms with E-state index in [4.69, 9.17) is 5.73 Å². The van der Waals surface area contributed by atoms with Gasteiger partial charge in [-0.25, -0.2) is 0 Å². The van der Waals surface area contributed by atoms with Crippen LogP contribution >= 0.6 is 15.9 Å². The summed E-state index contributed by atoms with van der Waals surface area (Å²) in [6.45, 7) is 2.01. The molecule has 0 saturated heterocycles. The van der Waals surface area contributed by atoms with Crippen LogP contribution in [-0.4, -0.2) is 13.1 Å². The minimum Gasteiger partial charge on any atom is -0.371 e. The van der Waals surface area contributed by atoms with Crippen molar-refractivity contribution in [3.63, 3.8) is 0 Å². The molecule has 2 N–H and O–H groups in total. The summed E-state index contributed by atoms with van der Waals surface area (Å²) in [5.74, 6) is 0. The van der Waals surface area contributed by atoms with Crippen molar-refractivity contribution in [3.05, 3.63) is 28.2 Å². The molecule has 1 aliphatic carbocycles. The molecule has 2 nitrogen and oxygen atoms in total. The highest BCUT2D eigenvalue weighted by molar-refractivity contribution is 9.10. The Morgan fingerprint density at radius 1 is 1.47 bits per heavy atom. The van der Waals surface area contributed by atoms with E-state index in [0.717, 1.165) is 10.5 Å². The van der Waals surface area contributed by atoms with Crippen molar-refractivity contribution in [1.29, 1.82) is 0 Å². The van der Waals surface area contributed by atoms with Crippen LogP contribution in [0.1, 0.15) is 31.4 Å². The fourth-order valence-corrected chi connectivity index (χ4v) is 2.43. The first-order valence-electron chi connectivity index (χ1n) is 5.37. The van der Waals surface area contributed by atoms with Gasteiger partial charge >= 0.3 is 0 Å². The van der Waals surface area contributed by atoms with E-state index < -0.39 is 0 Å². The molecule has 0 radical (unpaired) electrons. The molecular weight excluding hydrogens is 252 g/mol. The molecule has 0 aromatic heterocycles. The topological polar surface area (TPSA) is 29.3 Å². The molecule has 0 bridgehead atoms. The molecule has 1 atom stereocenters. The quantitative estimate of drug-likeness (QED) is 0.913. The van der Waals surface area contributed by atoms with E-state index in [1.807, 2.05) is 6.92 Å². The number of nitrogens with zero attached hydrogens (tertiary/aromatic N) is 1. The molecule has 1 fully saturated rings. The molecule has 0 aliphatic heterocycles. The van der Waals surface area contributed by atoms with Crippen LogP contribution in [0.5, 0.6) is 0 Å². The van der Waals surface area contributed by atoms with E-state index in [1.54, 1.807) is 0 Å². The molecule has 82 valence electrons. The molecule has 0 spiro atoms. The average Bonchev–Trinajstić information content (AvgIpc) is 2.99. The number of benzene rings is 1. The van der Waals surface area contributed by atoms with Crippen LogP contribution < -0.4 is 10.6 Å². The number of hydrogen-bond donors (Lipinski definition) is 1. The van der Waals surface area contributed by atoms with E-state index in [9.17, 15) is 0 Å². The number of halogens is 1. The summed E-state index contributed by atoms with van der Waals surface area (Å²) in [5, 5.41) is 0. The van der Waals surface area contributed by atoms with Crippen LogP contribution in [-0.2, 0) is 0 Å². The van der Waals surface area contributed by atoms with Gasteiger partial charge in [0.1, 0.15) is 0 Å². The zero-order valence-corrected chi connectivity index (χ0v) is 10.8. The Bertz CT molecular complexity index is 359. The van der Waals surface area contributed by atoms with Gasteiger partial charge in [-0.1, -0.05) is 6.07 Å². The highest BCUT2D eigenvalue weighted by Gasteiger charge is 2.27. The summed E-state index contributed by atoms with van der Waals surface area (Å²) in [6, 6.07) is 7.23. The normalized spacial score (nSPS) is 17.6. The predicted molar refractivity (Wildman–Crippen MR) is 68.2 cm³/mol. The zero-order chi connectivity index (χ0) is 11.0. The highest BCUT2D eigenvalue weighted by Crippen LogP contribution is 2.35. The predicted octanol–water partition coefficient (Wildman–Crippen LogP) is 3.07. The largest absolute Gasteiger partial charge is 0.371 e. The third-order valence-electron chi connectivity index (χ3n) is 2.97. The van der Waals surface area contributed by atoms with Crippen LogP contribution in [0.2, 0.25) is 0 Å². The molecule has 3 heteroatoms. The first-order valence-corrected chi connectivity index (χ1v) is 6.16. The maximum absolute atomic E-state index is 5.85. The van der Waals surface area contributed by atoms with E-state index in [0.29, 0.717) is 0 Å². The van der Waals surface area contributed by atoms with E-state index in [1.165, 1.54) is 24.1 Å². The van der Waals surface area contributed by atoms with Crippen LogP contribution in [0.25, 0.3) is 0 Å². The standard InChI is InChI=1S/C12H17BrN2/c1-8(14)9-3-6-12(11(13)7-9)15(2)10-4-5-10/h3,6-8,10H,4-5,14H2,1-2H3. The Balaban J connectivity index is 2.25. The van der Waals surface area contributed by atoms with Gasteiger partial charge in [0, 0.05) is 23.6 Å². The van der Waals surface area contributed by atoms with Crippen LogP contribution in [0.3, 0.4) is 0 Å². The Morgan fingerprint density at radius 2 is 2.13 bits per heavy atom. The summed E-state index contributed by atoms with van der Waals surface area (Å²) in [4.78, 5) is 2.34. The third-order valence-corrected chi connectivity index (χ3v) is 3.61. The number of rotatable bonds is 3. The monoisotopic (exact) mass is 268 g/mol. The highest BCUT2D eigenvalue weighted by atomic mass is 79.9. The second kappa shape index (κ2) is 4.14. The van der Waals surface area contributed by atoms with Crippen molar-refractivity contribution in [1.82, 2.24) is 0 Å². The van der Waals surface area contributed by atoms with E-state index in [2.05, 4.69) is 46.1 Å². The number of anilines is 1. The molecule has 1 saturated carbocycles. The summed E-state index contributed by atoms with van der Waals surface area (Å²) >= 11 is 3.61. The van der Waals surface area contributed by atoms with Crippen molar-refractivity contribution in [2.75, 3.05) is 11.9 Å². The lowest BCUT2D eigenvalue weighted by molar-refractivity contribution is 0.815. The van der Waals surface area contributed by atoms with E-state index >= 15 is 0 Å². The van der Waals surface area contributed by atoms with Crippen molar-refractivity contribution < 1.29 is 0 Å². The molecule has 0 heterocycles. The van der Waals surface area contributed by atoms with Gasteiger partial charge in [0.05, 0.1) is 5.69 Å². The van der Waals surface area contributed by atoms with Crippen molar-refractivity contribution >= 4 is 21.6 Å². The SMILES string of the molecule is CC(N)c1ccc(N(C)C2CC2)c(Br)c1. The second-order valence-electron chi connectivity index (χ2n) is 4.34. The van der Waals surface area contributed by atoms with Gasteiger partial charge in [-0.05, 0) is 53.4 Å². The number of hydrogen-bond acceptors (Lipinski definition) is 2. The molecule has 0 amide bonds. The maximum atomic E-state index is 5.85. The smallest absolute Gasteiger partial charge is 0.0510 e. The molecule has 2 rings (SSSR count). The van der Waals surface area contributed by atoms with Crippen molar-refractivity contribution in [3.8, 4) is 0 Å². The van der Waals surface area contributed by atoms with Crippen LogP contribution in [0.15, 0.2) is 22.7 Å². The third kappa shape index (κ3) is 2.34. The first kappa shape index (κ1) is 11.0. The molecular formula is C12H17BrN2. The molecule has 1 aliphatic rings. The molecule has 1 aromatic carbocycles. The zero-order valence-electron chi connectivity index (χ0n) is 9.20.